The van der Waals surface area contributed by atoms with Gasteiger partial charge in [-0.15, -0.1) is 0 Å². The maximum absolute atomic E-state index is 9.03. The molecule has 0 saturated heterocycles. The normalized spacial score (nSPS) is 16.9. The molecule has 1 aliphatic carbocycles. The van der Waals surface area contributed by atoms with E-state index in [0.717, 1.165) is 19.4 Å². The minimum absolute atomic E-state index is 0.0570. The fourth-order valence-electron chi connectivity index (χ4n) is 1.87. The highest BCUT2D eigenvalue weighted by atomic mass is 15.1. The SMILES string of the molecule is Cc1cccc(N(C)CC2(C#N)CC2)c1. The molecular formula is C13H16N2. The van der Waals surface area contributed by atoms with Gasteiger partial charge in [-0.2, -0.15) is 5.26 Å². The zero-order valence-electron chi connectivity index (χ0n) is 9.33. The third-order valence-electron chi connectivity index (χ3n) is 3.07. The molecule has 1 aromatic rings. The van der Waals surface area contributed by atoms with E-state index in [1.807, 2.05) is 0 Å². The molecule has 1 saturated carbocycles. The number of hydrogen-bond acceptors (Lipinski definition) is 2. The number of nitrogens with zero attached hydrogens (tertiary/aromatic N) is 2. The first-order valence-corrected chi connectivity index (χ1v) is 5.34. The summed E-state index contributed by atoms with van der Waals surface area (Å²) >= 11 is 0. The van der Waals surface area contributed by atoms with Crippen LogP contribution in [0.1, 0.15) is 18.4 Å². The van der Waals surface area contributed by atoms with Crippen LogP contribution in [0.3, 0.4) is 0 Å². The lowest BCUT2D eigenvalue weighted by molar-refractivity contribution is 0.653. The van der Waals surface area contributed by atoms with E-state index < -0.39 is 0 Å². The summed E-state index contributed by atoms with van der Waals surface area (Å²) in [6, 6.07) is 10.8. The monoisotopic (exact) mass is 200 g/mol. The fraction of sp³-hybridized carbons (Fsp3) is 0.462. The molecule has 0 aromatic heterocycles. The first-order chi connectivity index (χ1) is 7.15. The van der Waals surface area contributed by atoms with E-state index in [1.165, 1.54) is 11.3 Å². The van der Waals surface area contributed by atoms with Gasteiger partial charge in [0.05, 0.1) is 11.5 Å². The van der Waals surface area contributed by atoms with Crippen LogP contribution in [0.2, 0.25) is 0 Å². The maximum Gasteiger partial charge on any atom is 0.0749 e. The molecule has 0 unspecified atom stereocenters. The Bertz CT molecular complexity index is 399. The summed E-state index contributed by atoms with van der Waals surface area (Å²) in [4.78, 5) is 2.18. The van der Waals surface area contributed by atoms with Crippen LogP contribution in [-0.2, 0) is 0 Å². The fourth-order valence-corrected chi connectivity index (χ4v) is 1.87. The summed E-state index contributed by atoms with van der Waals surface area (Å²) in [5.41, 5.74) is 2.41. The van der Waals surface area contributed by atoms with Crippen LogP contribution in [0.5, 0.6) is 0 Å². The van der Waals surface area contributed by atoms with Crippen LogP contribution >= 0.6 is 0 Å². The van der Waals surface area contributed by atoms with Crippen LogP contribution in [0.25, 0.3) is 0 Å². The minimum atomic E-state index is -0.0570. The van der Waals surface area contributed by atoms with Gasteiger partial charge in [0.15, 0.2) is 0 Å². The first-order valence-electron chi connectivity index (χ1n) is 5.34. The summed E-state index contributed by atoms with van der Waals surface area (Å²) in [5, 5.41) is 9.03. The predicted octanol–water partition coefficient (Wildman–Crippen LogP) is 2.74. The molecule has 2 nitrogen and oxygen atoms in total. The van der Waals surface area contributed by atoms with Gasteiger partial charge < -0.3 is 4.90 Å². The molecule has 1 aromatic carbocycles. The second-order valence-corrected chi connectivity index (χ2v) is 4.59. The van der Waals surface area contributed by atoms with Crippen molar-refractivity contribution in [3.8, 4) is 6.07 Å². The molecule has 0 radical (unpaired) electrons. The lowest BCUT2D eigenvalue weighted by atomic mass is 10.1. The van der Waals surface area contributed by atoms with Gasteiger partial charge in [0.1, 0.15) is 0 Å². The molecule has 0 spiro atoms. The molecule has 78 valence electrons. The Morgan fingerprint density at radius 3 is 2.73 bits per heavy atom. The first kappa shape index (κ1) is 10.0. The Hall–Kier alpha value is -1.49. The quantitative estimate of drug-likeness (QED) is 0.750. The summed E-state index contributed by atoms with van der Waals surface area (Å²) in [6.07, 6.45) is 2.11. The molecule has 0 amide bonds. The summed E-state index contributed by atoms with van der Waals surface area (Å²) in [5.74, 6) is 0. The van der Waals surface area contributed by atoms with Gasteiger partial charge in [0, 0.05) is 19.3 Å². The molecule has 0 aliphatic heterocycles. The molecule has 15 heavy (non-hydrogen) atoms. The van der Waals surface area contributed by atoms with Crippen molar-refractivity contribution in [2.45, 2.75) is 19.8 Å². The van der Waals surface area contributed by atoms with Gasteiger partial charge in [-0.1, -0.05) is 12.1 Å². The van der Waals surface area contributed by atoms with E-state index in [9.17, 15) is 0 Å². The van der Waals surface area contributed by atoms with Crippen molar-refractivity contribution in [2.24, 2.45) is 5.41 Å². The topological polar surface area (TPSA) is 27.0 Å². The highest BCUT2D eigenvalue weighted by molar-refractivity contribution is 5.48. The Kier molecular flexibility index (Phi) is 2.40. The molecule has 2 heteroatoms. The maximum atomic E-state index is 9.03. The Labute approximate surface area is 91.1 Å². The van der Waals surface area contributed by atoms with E-state index in [-0.39, 0.29) is 5.41 Å². The third kappa shape index (κ3) is 2.12. The third-order valence-corrected chi connectivity index (χ3v) is 3.07. The summed E-state index contributed by atoms with van der Waals surface area (Å²) in [7, 11) is 2.06. The molecule has 1 fully saturated rings. The van der Waals surface area contributed by atoms with Crippen molar-refractivity contribution in [2.75, 3.05) is 18.5 Å². The van der Waals surface area contributed by atoms with Crippen molar-refractivity contribution in [3.63, 3.8) is 0 Å². The van der Waals surface area contributed by atoms with E-state index in [0.29, 0.717) is 0 Å². The number of nitriles is 1. The van der Waals surface area contributed by atoms with Crippen molar-refractivity contribution in [1.82, 2.24) is 0 Å². The number of hydrogen-bond donors (Lipinski definition) is 0. The van der Waals surface area contributed by atoms with Gasteiger partial charge in [0.2, 0.25) is 0 Å². The lowest BCUT2D eigenvalue weighted by Crippen LogP contribution is -2.25. The van der Waals surface area contributed by atoms with Crippen molar-refractivity contribution >= 4 is 5.69 Å². The molecule has 0 N–H and O–H groups in total. The van der Waals surface area contributed by atoms with E-state index in [1.54, 1.807) is 0 Å². The van der Waals surface area contributed by atoms with Crippen molar-refractivity contribution < 1.29 is 0 Å². The second-order valence-electron chi connectivity index (χ2n) is 4.59. The number of benzene rings is 1. The Morgan fingerprint density at radius 1 is 1.47 bits per heavy atom. The van der Waals surface area contributed by atoms with Crippen LogP contribution in [0, 0.1) is 23.7 Å². The van der Waals surface area contributed by atoms with E-state index in [4.69, 9.17) is 5.26 Å². The van der Waals surface area contributed by atoms with Crippen molar-refractivity contribution in [1.29, 1.82) is 5.26 Å². The number of aryl methyl sites for hydroxylation is 1. The highest BCUT2D eigenvalue weighted by Gasteiger charge is 2.44. The second kappa shape index (κ2) is 3.58. The lowest BCUT2D eigenvalue weighted by Gasteiger charge is -2.22. The van der Waals surface area contributed by atoms with Crippen LogP contribution < -0.4 is 4.90 Å². The zero-order valence-corrected chi connectivity index (χ0v) is 9.33. The number of anilines is 1. The van der Waals surface area contributed by atoms with Gasteiger partial charge in [-0.3, -0.25) is 0 Å². The average molecular weight is 200 g/mol. The van der Waals surface area contributed by atoms with Gasteiger partial charge in [-0.05, 0) is 37.5 Å². The van der Waals surface area contributed by atoms with Gasteiger partial charge >= 0.3 is 0 Å². The summed E-state index contributed by atoms with van der Waals surface area (Å²) < 4.78 is 0. The Balaban J connectivity index is 2.09. The highest BCUT2D eigenvalue weighted by Crippen LogP contribution is 2.45. The molecular weight excluding hydrogens is 184 g/mol. The minimum Gasteiger partial charge on any atom is -0.373 e. The largest absolute Gasteiger partial charge is 0.373 e. The molecule has 0 atom stereocenters. The molecule has 2 rings (SSSR count). The van der Waals surface area contributed by atoms with Gasteiger partial charge in [-0.25, -0.2) is 0 Å². The van der Waals surface area contributed by atoms with Crippen LogP contribution in [-0.4, -0.2) is 13.6 Å². The standard InChI is InChI=1S/C13H16N2/c1-11-4-3-5-12(8-11)15(2)10-13(9-14)6-7-13/h3-5,8H,6-7,10H2,1-2H3. The smallest absolute Gasteiger partial charge is 0.0749 e. The van der Waals surface area contributed by atoms with Crippen LogP contribution in [0.4, 0.5) is 5.69 Å². The molecule has 0 heterocycles. The van der Waals surface area contributed by atoms with Crippen molar-refractivity contribution in [3.05, 3.63) is 29.8 Å². The number of rotatable bonds is 3. The molecule has 0 bridgehead atoms. The predicted molar refractivity (Wildman–Crippen MR) is 61.7 cm³/mol. The molecule has 1 aliphatic rings. The summed E-state index contributed by atoms with van der Waals surface area (Å²) in [6.45, 7) is 2.95. The van der Waals surface area contributed by atoms with Crippen LogP contribution in [0.15, 0.2) is 24.3 Å². The van der Waals surface area contributed by atoms with E-state index >= 15 is 0 Å². The van der Waals surface area contributed by atoms with E-state index in [2.05, 4.69) is 49.2 Å². The average Bonchev–Trinajstić information content (AvgIpc) is 2.98. The van der Waals surface area contributed by atoms with Gasteiger partial charge in [0.25, 0.3) is 0 Å². The Morgan fingerprint density at radius 2 is 2.20 bits per heavy atom. The zero-order chi connectivity index (χ0) is 10.9.